The summed E-state index contributed by atoms with van der Waals surface area (Å²) in [5.74, 6) is -0.377. The molecule has 33 heavy (non-hydrogen) atoms. The first-order valence-electron chi connectivity index (χ1n) is 11.2. The fourth-order valence-corrected chi connectivity index (χ4v) is 4.47. The lowest BCUT2D eigenvalue weighted by Gasteiger charge is -2.16. The largest absolute Gasteiger partial charge is 0.463 e. The quantitative estimate of drug-likeness (QED) is 0.339. The highest BCUT2D eigenvalue weighted by molar-refractivity contribution is 5.90. The van der Waals surface area contributed by atoms with E-state index in [1.54, 1.807) is 19.1 Å². The fourth-order valence-electron chi connectivity index (χ4n) is 4.47. The molecule has 0 saturated heterocycles. The standard InChI is InChI=1S/C26H24N4O3/c1-2-33-24(32)17-19-11-8-13-21(19)30-23(31)15-14-20(27-30)25-22-12-6-7-16-29(22)28-26(25)18-9-4-3-5-10-18/h3-7,9-10,12,14-17,21H,2,8,11,13H2,1H3/b19-17+. The number of carbonyl (C=O) groups excluding carboxylic acids is 1. The van der Waals surface area contributed by atoms with E-state index in [2.05, 4.69) is 0 Å². The molecule has 1 unspecified atom stereocenters. The van der Waals surface area contributed by atoms with Crippen molar-refractivity contribution in [3.63, 3.8) is 0 Å². The van der Waals surface area contributed by atoms with E-state index in [1.807, 2.05) is 59.2 Å². The summed E-state index contributed by atoms with van der Waals surface area (Å²) in [5.41, 5.74) is 4.89. The Balaban J connectivity index is 1.65. The minimum atomic E-state index is -0.377. The second kappa shape index (κ2) is 8.86. The minimum Gasteiger partial charge on any atom is -0.463 e. The average Bonchev–Trinajstić information content (AvgIpc) is 3.45. The number of esters is 1. The molecule has 0 N–H and O–H groups in total. The molecule has 166 valence electrons. The van der Waals surface area contributed by atoms with Gasteiger partial charge < -0.3 is 4.74 Å². The van der Waals surface area contributed by atoms with E-state index in [1.165, 1.54) is 10.8 Å². The number of fused-ring (bicyclic) bond motifs is 1. The van der Waals surface area contributed by atoms with Gasteiger partial charge in [0.1, 0.15) is 5.69 Å². The van der Waals surface area contributed by atoms with Gasteiger partial charge in [0.2, 0.25) is 0 Å². The van der Waals surface area contributed by atoms with Crippen LogP contribution in [0, 0.1) is 0 Å². The summed E-state index contributed by atoms with van der Waals surface area (Å²) in [4.78, 5) is 24.9. The van der Waals surface area contributed by atoms with Crippen molar-refractivity contribution < 1.29 is 9.53 Å². The number of benzene rings is 1. The maximum atomic E-state index is 12.8. The maximum Gasteiger partial charge on any atom is 0.330 e. The Hall–Kier alpha value is -4.00. The lowest BCUT2D eigenvalue weighted by atomic mass is 10.0. The molecular weight excluding hydrogens is 416 g/mol. The smallest absolute Gasteiger partial charge is 0.330 e. The molecule has 3 heterocycles. The summed E-state index contributed by atoms with van der Waals surface area (Å²) < 4.78 is 8.42. The Kier molecular flexibility index (Phi) is 5.60. The van der Waals surface area contributed by atoms with Crippen molar-refractivity contribution in [2.24, 2.45) is 0 Å². The second-order valence-electron chi connectivity index (χ2n) is 8.00. The van der Waals surface area contributed by atoms with E-state index < -0.39 is 0 Å². The third kappa shape index (κ3) is 3.98. The van der Waals surface area contributed by atoms with Crippen LogP contribution in [0.2, 0.25) is 0 Å². The Morgan fingerprint density at radius 1 is 1.09 bits per heavy atom. The Labute approximate surface area is 190 Å². The number of rotatable bonds is 5. The Bertz CT molecular complexity index is 1400. The molecule has 7 heteroatoms. The fraction of sp³-hybridized carbons (Fsp3) is 0.231. The normalized spacial score (nSPS) is 17.0. The van der Waals surface area contributed by atoms with Crippen LogP contribution in [0.15, 0.2) is 83.3 Å². The molecule has 1 aliphatic carbocycles. The van der Waals surface area contributed by atoms with Gasteiger partial charge >= 0.3 is 5.97 Å². The first kappa shape index (κ1) is 20.9. The van der Waals surface area contributed by atoms with Crippen LogP contribution in [-0.4, -0.2) is 32.0 Å². The van der Waals surface area contributed by atoms with Gasteiger partial charge in [0.15, 0.2) is 0 Å². The van der Waals surface area contributed by atoms with Gasteiger partial charge in [-0.05, 0) is 50.0 Å². The minimum absolute atomic E-state index is 0.196. The second-order valence-corrected chi connectivity index (χ2v) is 8.00. The zero-order valence-corrected chi connectivity index (χ0v) is 18.3. The lowest BCUT2D eigenvalue weighted by Crippen LogP contribution is -2.26. The van der Waals surface area contributed by atoms with Crippen molar-refractivity contribution >= 4 is 11.5 Å². The van der Waals surface area contributed by atoms with E-state index in [-0.39, 0.29) is 17.6 Å². The predicted octanol–water partition coefficient (Wildman–Crippen LogP) is 4.44. The van der Waals surface area contributed by atoms with Crippen LogP contribution in [0.1, 0.15) is 32.2 Å². The van der Waals surface area contributed by atoms with E-state index in [9.17, 15) is 9.59 Å². The monoisotopic (exact) mass is 440 g/mol. The molecule has 5 rings (SSSR count). The van der Waals surface area contributed by atoms with Crippen LogP contribution in [-0.2, 0) is 9.53 Å². The summed E-state index contributed by atoms with van der Waals surface area (Å²) in [7, 11) is 0. The zero-order chi connectivity index (χ0) is 22.8. The molecule has 3 aromatic heterocycles. The number of carbonyl (C=O) groups is 1. The number of pyridine rings is 1. The Morgan fingerprint density at radius 2 is 1.91 bits per heavy atom. The maximum absolute atomic E-state index is 12.8. The highest BCUT2D eigenvalue weighted by atomic mass is 16.5. The molecule has 1 saturated carbocycles. The van der Waals surface area contributed by atoms with Crippen molar-refractivity contribution in [3.05, 3.63) is 88.9 Å². The summed E-state index contributed by atoms with van der Waals surface area (Å²) in [6.07, 6.45) is 5.81. The van der Waals surface area contributed by atoms with Gasteiger partial charge in [0.25, 0.3) is 5.56 Å². The van der Waals surface area contributed by atoms with E-state index in [4.69, 9.17) is 14.9 Å². The molecular formula is C26H24N4O3. The first-order chi connectivity index (χ1) is 16.2. The predicted molar refractivity (Wildman–Crippen MR) is 126 cm³/mol. The average molecular weight is 441 g/mol. The molecule has 7 nitrogen and oxygen atoms in total. The van der Waals surface area contributed by atoms with Gasteiger partial charge in [0, 0.05) is 23.9 Å². The van der Waals surface area contributed by atoms with Crippen molar-refractivity contribution in [2.75, 3.05) is 6.61 Å². The van der Waals surface area contributed by atoms with E-state index in [0.29, 0.717) is 12.3 Å². The van der Waals surface area contributed by atoms with Gasteiger partial charge in [-0.1, -0.05) is 36.4 Å². The molecule has 4 aromatic rings. The molecule has 0 bridgehead atoms. The van der Waals surface area contributed by atoms with Gasteiger partial charge in [-0.3, -0.25) is 4.79 Å². The van der Waals surface area contributed by atoms with Gasteiger partial charge in [-0.2, -0.15) is 10.2 Å². The molecule has 0 radical (unpaired) electrons. The van der Waals surface area contributed by atoms with Gasteiger partial charge in [-0.15, -0.1) is 0 Å². The van der Waals surface area contributed by atoms with Crippen LogP contribution in [0.4, 0.5) is 0 Å². The number of hydrogen-bond donors (Lipinski definition) is 0. The summed E-state index contributed by atoms with van der Waals surface area (Å²) in [6.45, 7) is 2.09. The van der Waals surface area contributed by atoms with Gasteiger partial charge in [0.05, 0.1) is 29.4 Å². The third-order valence-corrected chi connectivity index (χ3v) is 5.92. The highest BCUT2D eigenvalue weighted by Gasteiger charge is 2.27. The molecule has 1 aliphatic rings. The number of hydrogen-bond acceptors (Lipinski definition) is 5. The molecule has 1 atom stereocenters. The highest BCUT2D eigenvalue weighted by Crippen LogP contribution is 2.36. The summed E-state index contributed by atoms with van der Waals surface area (Å²) in [5, 5.41) is 9.59. The van der Waals surface area contributed by atoms with Crippen molar-refractivity contribution in [1.82, 2.24) is 19.4 Å². The number of ether oxygens (including phenoxy) is 1. The van der Waals surface area contributed by atoms with E-state index in [0.717, 1.165) is 47.2 Å². The SMILES string of the molecule is CCOC(=O)/C=C1\CCCC1n1nc(-c2c(-c3ccccc3)nn3ccccc23)ccc1=O. The topological polar surface area (TPSA) is 78.5 Å². The molecule has 0 amide bonds. The number of aromatic nitrogens is 4. The van der Waals surface area contributed by atoms with Crippen LogP contribution < -0.4 is 5.56 Å². The molecule has 0 spiro atoms. The van der Waals surface area contributed by atoms with Crippen LogP contribution >= 0.6 is 0 Å². The molecule has 0 aliphatic heterocycles. The third-order valence-electron chi connectivity index (χ3n) is 5.92. The van der Waals surface area contributed by atoms with Crippen molar-refractivity contribution in [3.8, 4) is 22.5 Å². The Morgan fingerprint density at radius 3 is 2.73 bits per heavy atom. The summed E-state index contributed by atoms with van der Waals surface area (Å²) in [6, 6.07) is 18.9. The zero-order valence-electron chi connectivity index (χ0n) is 18.3. The number of nitrogens with zero attached hydrogens (tertiary/aromatic N) is 4. The van der Waals surface area contributed by atoms with Crippen LogP contribution in [0.5, 0.6) is 0 Å². The van der Waals surface area contributed by atoms with Crippen LogP contribution in [0.25, 0.3) is 28.0 Å². The van der Waals surface area contributed by atoms with E-state index >= 15 is 0 Å². The first-order valence-corrected chi connectivity index (χ1v) is 11.2. The number of allylic oxidation sites excluding steroid dienone is 1. The van der Waals surface area contributed by atoms with Gasteiger partial charge in [-0.25, -0.2) is 14.0 Å². The van der Waals surface area contributed by atoms with Crippen LogP contribution in [0.3, 0.4) is 0 Å². The molecule has 1 aromatic carbocycles. The van der Waals surface area contributed by atoms with Crippen molar-refractivity contribution in [1.29, 1.82) is 0 Å². The van der Waals surface area contributed by atoms with Crippen molar-refractivity contribution in [2.45, 2.75) is 32.2 Å². The summed E-state index contributed by atoms with van der Waals surface area (Å²) >= 11 is 0. The lowest BCUT2D eigenvalue weighted by molar-refractivity contribution is -0.137. The molecule has 1 fully saturated rings.